The van der Waals surface area contributed by atoms with Crippen LogP contribution in [-0.4, -0.2) is 25.7 Å². The Bertz CT molecular complexity index is 401. The molecule has 94 valence electrons. The first-order valence-corrected chi connectivity index (χ1v) is 6.25. The van der Waals surface area contributed by atoms with E-state index in [2.05, 4.69) is 44.0 Å². The molecule has 2 rings (SSSR count). The number of benzene rings is 1. The van der Waals surface area contributed by atoms with Crippen molar-refractivity contribution in [1.29, 1.82) is 0 Å². The zero-order valence-corrected chi connectivity index (χ0v) is 11.0. The Morgan fingerprint density at radius 2 is 2.18 bits per heavy atom. The second-order valence-corrected chi connectivity index (χ2v) is 5.41. The Kier molecular flexibility index (Phi) is 3.29. The van der Waals surface area contributed by atoms with E-state index in [-0.39, 0.29) is 5.60 Å². The van der Waals surface area contributed by atoms with Crippen molar-refractivity contribution >= 4 is 5.69 Å². The molecule has 1 aliphatic heterocycles. The van der Waals surface area contributed by atoms with Gasteiger partial charge in [0.25, 0.3) is 0 Å². The lowest BCUT2D eigenvalue weighted by molar-refractivity contribution is 0.107. The molecule has 1 aromatic carbocycles. The lowest BCUT2D eigenvalue weighted by atomic mass is 10.0. The molecule has 0 bridgehead atoms. The number of rotatable bonds is 3. The van der Waals surface area contributed by atoms with E-state index in [1.807, 2.05) is 0 Å². The van der Waals surface area contributed by atoms with Crippen molar-refractivity contribution in [3.8, 4) is 5.75 Å². The Labute approximate surface area is 104 Å². The molecule has 0 aromatic heterocycles. The molecule has 3 heteroatoms. The maximum Gasteiger partial charge on any atom is 0.143 e. The van der Waals surface area contributed by atoms with Gasteiger partial charge in [-0.2, -0.15) is 0 Å². The number of nitrogens with two attached hydrogens (primary N) is 1. The second-order valence-electron chi connectivity index (χ2n) is 5.41. The third-order valence-electron chi connectivity index (χ3n) is 3.11. The number of ether oxygens (including phenoxy) is 1. The van der Waals surface area contributed by atoms with Crippen LogP contribution >= 0.6 is 0 Å². The van der Waals surface area contributed by atoms with Gasteiger partial charge in [0.2, 0.25) is 0 Å². The molecule has 3 nitrogen and oxygen atoms in total. The fourth-order valence-corrected chi connectivity index (χ4v) is 2.40. The average Bonchev–Trinajstić information content (AvgIpc) is 2.25. The van der Waals surface area contributed by atoms with E-state index in [1.54, 1.807) is 0 Å². The summed E-state index contributed by atoms with van der Waals surface area (Å²) in [7, 11) is 2.12. The molecule has 0 amide bonds. The molecule has 0 unspecified atom stereocenters. The predicted molar refractivity (Wildman–Crippen MR) is 71.8 cm³/mol. The van der Waals surface area contributed by atoms with Crippen molar-refractivity contribution in [2.75, 3.05) is 25.0 Å². The van der Waals surface area contributed by atoms with E-state index >= 15 is 0 Å². The first-order valence-electron chi connectivity index (χ1n) is 6.25. The largest absolute Gasteiger partial charge is 0.484 e. The van der Waals surface area contributed by atoms with E-state index in [9.17, 15) is 0 Å². The van der Waals surface area contributed by atoms with Crippen LogP contribution in [0.5, 0.6) is 5.75 Å². The zero-order chi connectivity index (χ0) is 12.5. The van der Waals surface area contributed by atoms with E-state index in [0.717, 1.165) is 31.7 Å². The second kappa shape index (κ2) is 4.57. The number of likely N-dealkylation sites (N-methyl/N-ethyl adjacent to an activating group) is 1. The Balaban J connectivity index is 2.24. The summed E-state index contributed by atoms with van der Waals surface area (Å²) in [5.74, 6) is 0.986. The summed E-state index contributed by atoms with van der Waals surface area (Å²) in [6, 6.07) is 6.45. The monoisotopic (exact) mass is 234 g/mol. The lowest BCUT2D eigenvalue weighted by Gasteiger charge is -2.39. The molecule has 0 atom stereocenters. The molecular weight excluding hydrogens is 212 g/mol. The third-order valence-corrected chi connectivity index (χ3v) is 3.11. The summed E-state index contributed by atoms with van der Waals surface area (Å²) in [6.07, 6.45) is 2.08. The Morgan fingerprint density at radius 1 is 1.41 bits per heavy atom. The van der Waals surface area contributed by atoms with Gasteiger partial charge >= 0.3 is 0 Å². The molecule has 0 fully saturated rings. The molecule has 0 radical (unpaired) electrons. The van der Waals surface area contributed by atoms with E-state index < -0.39 is 0 Å². The van der Waals surface area contributed by atoms with Gasteiger partial charge in [-0.3, -0.25) is 0 Å². The highest BCUT2D eigenvalue weighted by Crippen LogP contribution is 2.36. The number of aryl methyl sites for hydroxylation is 1. The third kappa shape index (κ3) is 2.72. The zero-order valence-electron chi connectivity index (χ0n) is 11.0. The van der Waals surface area contributed by atoms with Gasteiger partial charge in [0.05, 0.1) is 12.2 Å². The summed E-state index contributed by atoms with van der Waals surface area (Å²) in [5, 5.41) is 0. The van der Waals surface area contributed by atoms with Crippen LogP contribution in [0.1, 0.15) is 25.8 Å². The van der Waals surface area contributed by atoms with Gasteiger partial charge in [0.1, 0.15) is 11.4 Å². The number of anilines is 1. The fraction of sp³-hybridized carbons (Fsp3) is 0.571. The van der Waals surface area contributed by atoms with Gasteiger partial charge in [0.15, 0.2) is 0 Å². The molecule has 2 N–H and O–H groups in total. The van der Waals surface area contributed by atoms with Gasteiger partial charge < -0.3 is 15.4 Å². The minimum atomic E-state index is -0.111. The average molecular weight is 234 g/mol. The van der Waals surface area contributed by atoms with Crippen molar-refractivity contribution in [3.05, 3.63) is 23.8 Å². The molecule has 0 spiro atoms. The number of hydrogen-bond acceptors (Lipinski definition) is 3. The summed E-state index contributed by atoms with van der Waals surface area (Å²) in [4.78, 5) is 2.27. The lowest BCUT2D eigenvalue weighted by Crippen LogP contribution is -2.45. The molecule has 17 heavy (non-hydrogen) atoms. The van der Waals surface area contributed by atoms with Gasteiger partial charge in [-0.25, -0.2) is 0 Å². The highest BCUT2D eigenvalue weighted by Gasteiger charge is 2.29. The van der Waals surface area contributed by atoms with Crippen molar-refractivity contribution in [3.63, 3.8) is 0 Å². The van der Waals surface area contributed by atoms with E-state index in [1.165, 1.54) is 11.3 Å². The summed E-state index contributed by atoms with van der Waals surface area (Å²) in [6.45, 7) is 5.90. The van der Waals surface area contributed by atoms with Crippen LogP contribution in [0.3, 0.4) is 0 Å². The first kappa shape index (κ1) is 12.2. The van der Waals surface area contributed by atoms with Crippen LogP contribution in [0.25, 0.3) is 0 Å². The maximum atomic E-state index is 5.98. The van der Waals surface area contributed by atoms with Crippen LogP contribution in [0.2, 0.25) is 0 Å². The van der Waals surface area contributed by atoms with Gasteiger partial charge in [0, 0.05) is 7.05 Å². The Hall–Kier alpha value is -1.22. The van der Waals surface area contributed by atoms with E-state index in [4.69, 9.17) is 10.5 Å². The van der Waals surface area contributed by atoms with Crippen LogP contribution < -0.4 is 15.4 Å². The minimum absolute atomic E-state index is 0.111. The molecule has 0 saturated carbocycles. The Morgan fingerprint density at radius 3 is 2.88 bits per heavy atom. The fourth-order valence-electron chi connectivity index (χ4n) is 2.40. The minimum Gasteiger partial charge on any atom is -0.484 e. The quantitative estimate of drug-likeness (QED) is 0.871. The maximum absolute atomic E-state index is 5.98. The van der Waals surface area contributed by atoms with Crippen molar-refractivity contribution in [1.82, 2.24) is 0 Å². The van der Waals surface area contributed by atoms with Crippen LogP contribution in [-0.2, 0) is 6.42 Å². The molecule has 0 saturated heterocycles. The smallest absolute Gasteiger partial charge is 0.143 e. The number of nitrogens with zero attached hydrogens (tertiary/aromatic N) is 1. The number of fused-ring (bicyclic) bond motifs is 1. The molecule has 1 aliphatic rings. The highest BCUT2D eigenvalue weighted by molar-refractivity contribution is 5.61. The van der Waals surface area contributed by atoms with Gasteiger partial charge in [-0.15, -0.1) is 0 Å². The molecule has 1 aromatic rings. The normalized spacial score (nSPS) is 17.5. The topological polar surface area (TPSA) is 38.5 Å². The van der Waals surface area contributed by atoms with Gasteiger partial charge in [-0.1, -0.05) is 6.07 Å². The van der Waals surface area contributed by atoms with E-state index in [0.29, 0.717) is 0 Å². The van der Waals surface area contributed by atoms with Crippen LogP contribution in [0.4, 0.5) is 5.69 Å². The SMILES string of the molecule is CN1CC(C)(C)Oc2ccc(CCCN)cc21. The highest BCUT2D eigenvalue weighted by atomic mass is 16.5. The number of hydrogen-bond donors (Lipinski definition) is 1. The van der Waals surface area contributed by atoms with Crippen LogP contribution in [0, 0.1) is 0 Å². The summed E-state index contributed by atoms with van der Waals surface area (Å²) < 4.78 is 5.98. The summed E-state index contributed by atoms with van der Waals surface area (Å²) in [5.41, 5.74) is 7.96. The van der Waals surface area contributed by atoms with Crippen molar-refractivity contribution in [2.45, 2.75) is 32.3 Å². The molecule has 0 aliphatic carbocycles. The van der Waals surface area contributed by atoms with Crippen LogP contribution in [0.15, 0.2) is 18.2 Å². The standard InChI is InChI=1S/C14H22N2O/c1-14(2)10-16(3)12-9-11(5-4-8-15)6-7-13(12)17-14/h6-7,9H,4-5,8,10,15H2,1-3H3. The van der Waals surface area contributed by atoms with Crippen molar-refractivity contribution < 1.29 is 4.74 Å². The van der Waals surface area contributed by atoms with Crippen molar-refractivity contribution in [2.24, 2.45) is 5.73 Å². The summed E-state index contributed by atoms with van der Waals surface area (Å²) >= 11 is 0. The van der Waals surface area contributed by atoms with Gasteiger partial charge in [-0.05, 0) is 50.9 Å². The first-order chi connectivity index (χ1) is 8.02. The molecular formula is C14H22N2O. The molecule has 1 heterocycles. The predicted octanol–water partition coefficient (Wildman–Crippen LogP) is 2.19.